The molecule has 0 spiro atoms. The molecule has 1 N–H and O–H groups in total. The summed E-state index contributed by atoms with van der Waals surface area (Å²) in [5, 5.41) is 4.11. The van der Waals surface area contributed by atoms with Crippen LogP contribution in [-0.2, 0) is 6.54 Å². The van der Waals surface area contributed by atoms with Crippen LogP contribution in [0.1, 0.15) is 12.0 Å². The third kappa shape index (κ3) is 4.39. The van der Waals surface area contributed by atoms with E-state index in [4.69, 9.17) is 11.6 Å². The highest BCUT2D eigenvalue weighted by Gasteiger charge is 2.22. The van der Waals surface area contributed by atoms with Crippen LogP contribution < -0.4 is 5.32 Å². The zero-order valence-electron chi connectivity index (χ0n) is 10.5. The van der Waals surface area contributed by atoms with Gasteiger partial charge in [-0.3, -0.25) is 4.90 Å². The molecule has 0 bridgehead atoms. The van der Waals surface area contributed by atoms with Crippen LogP contribution in [0.3, 0.4) is 0 Å². The van der Waals surface area contributed by atoms with E-state index in [1.54, 1.807) is 0 Å². The van der Waals surface area contributed by atoms with Crippen molar-refractivity contribution >= 4 is 39.9 Å². The largest absolute Gasteiger partial charge is 0.319 e. The first kappa shape index (κ1) is 16.3. The Balaban J connectivity index is 0.00000162. The maximum atomic E-state index is 6.24. The molecule has 2 rings (SSSR count). The fraction of sp³-hybridized carbons (Fsp3) is 0.538. The molecular formula is C13H19BrCl2N2. The van der Waals surface area contributed by atoms with Crippen LogP contribution in [0.15, 0.2) is 22.7 Å². The molecule has 0 radical (unpaired) electrons. The molecule has 0 aromatic heterocycles. The highest BCUT2D eigenvalue weighted by molar-refractivity contribution is 9.10. The van der Waals surface area contributed by atoms with E-state index in [0.29, 0.717) is 0 Å². The summed E-state index contributed by atoms with van der Waals surface area (Å²) in [6, 6.07) is 6.14. The molecule has 1 aliphatic rings. The number of hydrogen-bond acceptors (Lipinski definition) is 2. The lowest BCUT2D eigenvalue weighted by Crippen LogP contribution is -2.24. The van der Waals surface area contributed by atoms with Gasteiger partial charge in [-0.1, -0.05) is 33.6 Å². The van der Waals surface area contributed by atoms with Crippen molar-refractivity contribution in [2.24, 2.45) is 5.92 Å². The Morgan fingerprint density at radius 3 is 2.94 bits per heavy atom. The molecule has 0 saturated carbocycles. The Bertz CT molecular complexity index is 387. The van der Waals surface area contributed by atoms with Gasteiger partial charge in [0.2, 0.25) is 0 Å². The molecule has 0 aliphatic carbocycles. The average molecular weight is 354 g/mol. The van der Waals surface area contributed by atoms with Crippen LogP contribution in [0.2, 0.25) is 5.02 Å². The van der Waals surface area contributed by atoms with Crippen molar-refractivity contribution in [3.63, 3.8) is 0 Å². The lowest BCUT2D eigenvalue weighted by atomic mass is 10.1. The maximum Gasteiger partial charge on any atom is 0.0462 e. The summed E-state index contributed by atoms with van der Waals surface area (Å²) in [5.41, 5.74) is 1.22. The van der Waals surface area contributed by atoms with Gasteiger partial charge < -0.3 is 5.32 Å². The Kier molecular flexibility index (Phi) is 6.96. The third-order valence-electron chi connectivity index (χ3n) is 3.27. The van der Waals surface area contributed by atoms with Gasteiger partial charge in [0.05, 0.1) is 0 Å². The molecule has 1 saturated heterocycles. The van der Waals surface area contributed by atoms with E-state index in [-0.39, 0.29) is 12.4 Å². The van der Waals surface area contributed by atoms with Gasteiger partial charge in [-0.15, -0.1) is 12.4 Å². The van der Waals surface area contributed by atoms with E-state index in [1.807, 2.05) is 13.1 Å². The van der Waals surface area contributed by atoms with E-state index in [0.717, 1.165) is 28.5 Å². The average Bonchev–Trinajstić information content (AvgIpc) is 2.71. The summed E-state index contributed by atoms with van der Waals surface area (Å²) in [6.45, 7) is 4.43. The molecule has 1 aromatic rings. The first-order valence-corrected chi connectivity index (χ1v) is 7.17. The number of rotatable bonds is 4. The Hall–Kier alpha value is 0.200. The minimum absolute atomic E-state index is 0. The highest BCUT2D eigenvalue weighted by Crippen LogP contribution is 2.25. The predicted octanol–water partition coefficient (Wildman–Crippen LogP) is 3.57. The van der Waals surface area contributed by atoms with E-state index >= 15 is 0 Å². The Labute approximate surface area is 129 Å². The monoisotopic (exact) mass is 352 g/mol. The number of likely N-dealkylation sites (tertiary alicyclic amines) is 1. The summed E-state index contributed by atoms with van der Waals surface area (Å²) < 4.78 is 1.04. The third-order valence-corrected chi connectivity index (χ3v) is 4.12. The minimum Gasteiger partial charge on any atom is -0.319 e. The van der Waals surface area contributed by atoms with Crippen LogP contribution in [0.25, 0.3) is 0 Å². The standard InChI is InChI=1S/C13H18BrClN2.ClH/c1-16-7-10-4-5-17(8-10)9-11-2-3-12(14)6-13(11)15;/h2-3,6,10,16H,4-5,7-9H2,1H3;1H. The smallest absolute Gasteiger partial charge is 0.0462 e. The molecule has 1 fully saturated rings. The molecular weight excluding hydrogens is 335 g/mol. The van der Waals surface area contributed by atoms with E-state index in [9.17, 15) is 0 Å². The Morgan fingerprint density at radius 2 is 2.28 bits per heavy atom. The molecule has 1 unspecified atom stereocenters. The van der Waals surface area contributed by atoms with Crippen molar-refractivity contribution in [2.75, 3.05) is 26.7 Å². The van der Waals surface area contributed by atoms with Crippen molar-refractivity contribution in [1.29, 1.82) is 0 Å². The lowest BCUT2D eigenvalue weighted by molar-refractivity contribution is 0.315. The van der Waals surface area contributed by atoms with Gasteiger partial charge in [0.15, 0.2) is 0 Å². The van der Waals surface area contributed by atoms with Crippen molar-refractivity contribution < 1.29 is 0 Å². The van der Waals surface area contributed by atoms with Gasteiger partial charge >= 0.3 is 0 Å². The predicted molar refractivity (Wildman–Crippen MR) is 83.7 cm³/mol. The van der Waals surface area contributed by atoms with Gasteiger partial charge in [-0.05, 0) is 50.2 Å². The van der Waals surface area contributed by atoms with Crippen LogP contribution in [0, 0.1) is 5.92 Å². The second kappa shape index (κ2) is 7.71. The second-order valence-electron chi connectivity index (χ2n) is 4.68. The highest BCUT2D eigenvalue weighted by atomic mass is 79.9. The van der Waals surface area contributed by atoms with E-state index < -0.39 is 0 Å². The van der Waals surface area contributed by atoms with Crippen LogP contribution in [0.4, 0.5) is 0 Å². The van der Waals surface area contributed by atoms with Gasteiger partial charge in [-0.25, -0.2) is 0 Å². The van der Waals surface area contributed by atoms with Crippen molar-refractivity contribution in [3.05, 3.63) is 33.3 Å². The molecule has 1 atom stereocenters. The molecule has 102 valence electrons. The van der Waals surface area contributed by atoms with Gasteiger partial charge in [0.25, 0.3) is 0 Å². The lowest BCUT2D eigenvalue weighted by Gasteiger charge is -2.17. The molecule has 5 heteroatoms. The second-order valence-corrected chi connectivity index (χ2v) is 6.01. The Morgan fingerprint density at radius 1 is 1.50 bits per heavy atom. The van der Waals surface area contributed by atoms with Crippen LogP contribution in [-0.4, -0.2) is 31.6 Å². The summed E-state index contributed by atoms with van der Waals surface area (Å²) in [7, 11) is 2.02. The number of nitrogens with one attached hydrogen (secondary N) is 1. The number of halogens is 3. The van der Waals surface area contributed by atoms with E-state index in [1.165, 1.54) is 25.1 Å². The van der Waals surface area contributed by atoms with Crippen molar-refractivity contribution in [1.82, 2.24) is 10.2 Å². The topological polar surface area (TPSA) is 15.3 Å². The zero-order chi connectivity index (χ0) is 12.3. The van der Waals surface area contributed by atoms with Crippen LogP contribution >= 0.6 is 39.9 Å². The van der Waals surface area contributed by atoms with Crippen molar-refractivity contribution in [2.45, 2.75) is 13.0 Å². The zero-order valence-corrected chi connectivity index (χ0v) is 13.6. The number of hydrogen-bond donors (Lipinski definition) is 1. The normalized spacial score (nSPS) is 19.8. The van der Waals surface area contributed by atoms with E-state index in [2.05, 4.69) is 38.3 Å². The van der Waals surface area contributed by atoms with Gasteiger partial charge in [0, 0.05) is 22.6 Å². The SMILES string of the molecule is CNCC1CCN(Cc2ccc(Br)cc2Cl)C1.Cl. The summed E-state index contributed by atoms with van der Waals surface area (Å²) in [4.78, 5) is 2.48. The summed E-state index contributed by atoms with van der Waals surface area (Å²) in [6.07, 6.45) is 1.29. The molecule has 0 amide bonds. The molecule has 18 heavy (non-hydrogen) atoms. The first-order chi connectivity index (χ1) is 8.19. The van der Waals surface area contributed by atoms with Gasteiger partial charge in [0.1, 0.15) is 0 Å². The molecule has 2 nitrogen and oxygen atoms in total. The quantitative estimate of drug-likeness (QED) is 0.890. The van der Waals surface area contributed by atoms with Crippen molar-refractivity contribution in [3.8, 4) is 0 Å². The fourth-order valence-corrected chi connectivity index (χ4v) is 3.14. The van der Waals surface area contributed by atoms with Gasteiger partial charge in [-0.2, -0.15) is 0 Å². The summed E-state index contributed by atoms with van der Waals surface area (Å²) >= 11 is 9.67. The number of benzene rings is 1. The van der Waals surface area contributed by atoms with Crippen LogP contribution in [0.5, 0.6) is 0 Å². The minimum atomic E-state index is 0. The maximum absolute atomic E-state index is 6.24. The molecule has 1 heterocycles. The molecule has 1 aliphatic heterocycles. The summed E-state index contributed by atoms with van der Waals surface area (Å²) in [5.74, 6) is 0.786. The fourth-order valence-electron chi connectivity index (χ4n) is 2.40. The first-order valence-electron chi connectivity index (χ1n) is 6.00. The molecule has 1 aromatic carbocycles. The number of nitrogens with zero attached hydrogens (tertiary/aromatic N) is 1.